The first-order chi connectivity index (χ1) is 21.5. The number of Topliss-reactive ketones (excluding diaryl/α,β-unsaturated/α-hetero) is 1. The van der Waals surface area contributed by atoms with E-state index < -0.39 is 68.6 Å². The molecule has 0 radical (unpaired) electrons. The Labute approximate surface area is 274 Å². The van der Waals surface area contributed by atoms with Crippen LogP contribution in [0.15, 0.2) is 0 Å². The Morgan fingerprint density at radius 3 is 2.17 bits per heavy atom. The number of carbonyl (C=O) groups excluding carboxylic acids is 5. The van der Waals surface area contributed by atoms with E-state index in [0.29, 0.717) is 25.8 Å². The van der Waals surface area contributed by atoms with Gasteiger partial charge in [0.05, 0.1) is 17.3 Å². The van der Waals surface area contributed by atoms with Crippen molar-refractivity contribution < 1.29 is 32.4 Å². The molecule has 262 valence electrons. The Bertz CT molecular complexity index is 1240. The molecule has 4 N–H and O–H groups in total. The summed E-state index contributed by atoms with van der Waals surface area (Å²) in [6.45, 7) is 9.70. The van der Waals surface area contributed by atoms with Crippen LogP contribution in [0.2, 0.25) is 0 Å². The van der Waals surface area contributed by atoms with E-state index in [9.17, 15) is 32.4 Å². The zero-order valence-corrected chi connectivity index (χ0v) is 29.6. The Morgan fingerprint density at radius 2 is 1.61 bits per heavy atom. The minimum Gasteiger partial charge on any atom is -0.350 e. The summed E-state index contributed by atoms with van der Waals surface area (Å²) in [6.07, 6.45) is 6.92. The topological polar surface area (TPSA) is 174 Å². The lowest BCUT2D eigenvalue weighted by Crippen LogP contribution is -2.63. The summed E-state index contributed by atoms with van der Waals surface area (Å²) >= 11 is 0. The van der Waals surface area contributed by atoms with E-state index in [4.69, 9.17) is 0 Å². The molecular formula is C32H56N6O7S. The van der Waals surface area contributed by atoms with Crippen LogP contribution in [-0.4, -0.2) is 104 Å². The van der Waals surface area contributed by atoms with E-state index in [1.54, 1.807) is 11.8 Å². The van der Waals surface area contributed by atoms with Gasteiger partial charge in [-0.2, -0.15) is 0 Å². The summed E-state index contributed by atoms with van der Waals surface area (Å²) in [6, 6.07) is -3.49. The van der Waals surface area contributed by atoms with Crippen molar-refractivity contribution in [2.24, 2.45) is 17.3 Å². The monoisotopic (exact) mass is 668 g/mol. The van der Waals surface area contributed by atoms with Crippen molar-refractivity contribution in [3.8, 4) is 0 Å². The van der Waals surface area contributed by atoms with E-state index in [1.165, 1.54) is 14.1 Å². The first kappa shape index (κ1) is 37.7. The predicted molar refractivity (Wildman–Crippen MR) is 175 cm³/mol. The van der Waals surface area contributed by atoms with E-state index >= 15 is 0 Å². The van der Waals surface area contributed by atoms with Crippen molar-refractivity contribution in [2.75, 3.05) is 32.9 Å². The third kappa shape index (κ3) is 8.99. The van der Waals surface area contributed by atoms with Crippen LogP contribution in [0.25, 0.3) is 0 Å². The van der Waals surface area contributed by atoms with Crippen molar-refractivity contribution >= 4 is 39.6 Å². The maximum atomic E-state index is 14.4. The van der Waals surface area contributed by atoms with E-state index in [1.807, 2.05) is 27.7 Å². The van der Waals surface area contributed by atoms with Crippen LogP contribution in [0.3, 0.4) is 0 Å². The Kier molecular flexibility index (Phi) is 12.7. The summed E-state index contributed by atoms with van der Waals surface area (Å²) < 4.78 is 26.9. The number of urea groups is 1. The van der Waals surface area contributed by atoms with Gasteiger partial charge in [-0.3, -0.25) is 19.2 Å². The fraction of sp³-hybridized carbons (Fsp3) is 0.844. The molecule has 5 amide bonds. The predicted octanol–water partition coefficient (Wildman–Crippen LogP) is 1.91. The molecule has 0 aromatic carbocycles. The summed E-state index contributed by atoms with van der Waals surface area (Å²) in [5, 5.41) is 11.1. The molecule has 2 saturated carbocycles. The SMILES string of the molecule is CCC[C@H](NC(=O)[C@@H]1[C@H]2CCC[C@H]2CN1C(=O)[C@@H](NC(=O)NC1(CS(=O)(=O)N(C)C)CCCCC1)C(C)(C)C)C(=O)C(=O)NCC. The van der Waals surface area contributed by atoms with Gasteiger partial charge in [-0.1, -0.05) is 59.8 Å². The number of carbonyl (C=O) groups is 5. The number of nitrogens with one attached hydrogen (secondary N) is 4. The molecule has 14 heteroatoms. The van der Waals surface area contributed by atoms with Crippen molar-refractivity contribution in [3.63, 3.8) is 0 Å². The Morgan fingerprint density at radius 1 is 0.957 bits per heavy atom. The molecule has 1 heterocycles. The fourth-order valence-corrected chi connectivity index (χ4v) is 8.64. The number of fused-ring (bicyclic) bond motifs is 1. The molecule has 46 heavy (non-hydrogen) atoms. The average Bonchev–Trinajstić information content (AvgIpc) is 3.56. The maximum absolute atomic E-state index is 14.4. The van der Waals surface area contributed by atoms with Crippen LogP contribution in [0.4, 0.5) is 4.79 Å². The lowest BCUT2D eigenvalue weighted by atomic mass is 9.83. The summed E-state index contributed by atoms with van der Waals surface area (Å²) in [4.78, 5) is 68.7. The van der Waals surface area contributed by atoms with Gasteiger partial charge in [0.2, 0.25) is 27.6 Å². The molecule has 13 nitrogen and oxygen atoms in total. The highest BCUT2D eigenvalue weighted by Crippen LogP contribution is 2.43. The second-order valence-electron chi connectivity index (χ2n) is 14.6. The molecule has 0 aromatic heterocycles. The first-order valence-electron chi connectivity index (χ1n) is 16.9. The second-order valence-corrected chi connectivity index (χ2v) is 16.8. The van der Waals surface area contributed by atoms with Gasteiger partial charge in [0.25, 0.3) is 5.91 Å². The fourth-order valence-electron chi connectivity index (χ4n) is 7.32. The number of hydrogen-bond donors (Lipinski definition) is 4. The number of ketones is 1. The van der Waals surface area contributed by atoms with E-state index in [2.05, 4.69) is 21.3 Å². The van der Waals surface area contributed by atoms with Crippen LogP contribution < -0.4 is 21.3 Å². The number of amides is 5. The zero-order chi connectivity index (χ0) is 34.4. The van der Waals surface area contributed by atoms with Crippen molar-refractivity contribution in [2.45, 2.75) is 122 Å². The van der Waals surface area contributed by atoms with Crippen LogP contribution in [-0.2, 0) is 29.2 Å². The van der Waals surface area contributed by atoms with Crippen molar-refractivity contribution in [1.82, 2.24) is 30.5 Å². The van der Waals surface area contributed by atoms with Crippen molar-refractivity contribution in [1.29, 1.82) is 0 Å². The number of rotatable bonds is 13. The molecular weight excluding hydrogens is 612 g/mol. The van der Waals surface area contributed by atoms with E-state index in [0.717, 1.165) is 42.8 Å². The quantitative estimate of drug-likeness (QED) is 0.217. The molecule has 3 aliphatic rings. The molecule has 0 unspecified atom stereocenters. The molecule has 3 rings (SSSR count). The molecule has 0 bridgehead atoms. The van der Waals surface area contributed by atoms with Gasteiger partial charge >= 0.3 is 6.03 Å². The highest BCUT2D eigenvalue weighted by molar-refractivity contribution is 7.89. The average molecular weight is 669 g/mol. The molecule has 0 aromatic rings. The molecule has 2 aliphatic carbocycles. The van der Waals surface area contributed by atoms with Gasteiger partial charge in [-0.05, 0) is 56.3 Å². The second kappa shape index (κ2) is 15.4. The maximum Gasteiger partial charge on any atom is 0.315 e. The van der Waals surface area contributed by atoms with Gasteiger partial charge in [0, 0.05) is 27.2 Å². The third-order valence-corrected chi connectivity index (χ3v) is 11.8. The molecule has 3 fully saturated rings. The number of likely N-dealkylation sites (N-methyl/N-ethyl adjacent to an activating group) is 1. The minimum atomic E-state index is -3.62. The van der Waals surface area contributed by atoms with Gasteiger partial charge < -0.3 is 26.2 Å². The van der Waals surface area contributed by atoms with Gasteiger partial charge in [-0.15, -0.1) is 0 Å². The number of sulfonamides is 1. The van der Waals surface area contributed by atoms with Crippen LogP contribution in [0.5, 0.6) is 0 Å². The Balaban J connectivity index is 1.85. The van der Waals surface area contributed by atoms with Gasteiger partial charge in [0.15, 0.2) is 0 Å². The highest BCUT2D eigenvalue weighted by Gasteiger charge is 2.52. The van der Waals surface area contributed by atoms with Crippen LogP contribution in [0, 0.1) is 17.3 Å². The van der Waals surface area contributed by atoms with Crippen LogP contribution >= 0.6 is 0 Å². The largest absolute Gasteiger partial charge is 0.350 e. The lowest BCUT2D eigenvalue weighted by molar-refractivity contribution is -0.144. The lowest BCUT2D eigenvalue weighted by Gasteiger charge is -2.40. The third-order valence-electron chi connectivity index (χ3n) is 9.81. The number of likely N-dealkylation sites (tertiary alicyclic amines) is 1. The normalized spacial score (nSPS) is 24.1. The zero-order valence-electron chi connectivity index (χ0n) is 28.7. The van der Waals surface area contributed by atoms with E-state index in [-0.39, 0.29) is 30.6 Å². The summed E-state index contributed by atoms with van der Waals surface area (Å²) in [7, 11) is -0.679. The molecule has 0 spiro atoms. The van der Waals surface area contributed by atoms with Gasteiger partial charge in [0.1, 0.15) is 12.1 Å². The molecule has 1 aliphatic heterocycles. The first-order valence-corrected chi connectivity index (χ1v) is 18.5. The smallest absolute Gasteiger partial charge is 0.315 e. The van der Waals surface area contributed by atoms with Crippen LogP contribution in [0.1, 0.15) is 98.8 Å². The minimum absolute atomic E-state index is 0.0954. The standard InChI is InChI=1S/C32H56N6O7S/c1-8-14-23(25(39)28(41)33-9-2)34-27(40)24-22-16-13-15-21(22)19-38(24)29(42)26(31(3,4)5)35-30(43)36-32(17-11-10-12-18-32)20-46(44,45)37(6)7/h21-24,26H,8-20H2,1-7H3,(H,33,41)(H,34,40)(H2,35,36,43)/t21-,22-,23-,24-,26+/m0/s1. The number of nitrogens with zero attached hydrogens (tertiary/aromatic N) is 2. The molecule has 1 saturated heterocycles. The van der Waals surface area contributed by atoms with Gasteiger partial charge in [-0.25, -0.2) is 17.5 Å². The summed E-state index contributed by atoms with van der Waals surface area (Å²) in [5.74, 6) is -2.56. The molecule has 5 atom stereocenters. The highest BCUT2D eigenvalue weighted by atomic mass is 32.2. The number of hydrogen-bond acceptors (Lipinski definition) is 7. The van der Waals surface area contributed by atoms with Crippen molar-refractivity contribution in [3.05, 3.63) is 0 Å². The summed E-state index contributed by atoms with van der Waals surface area (Å²) in [5.41, 5.74) is -1.71. The Hall–Kier alpha value is -2.74.